The van der Waals surface area contributed by atoms with Crippen LogP contribution in [0.5, 0.6) is 0 Å². The molecule has 1 saturated heterocycles. The molecule has 0 radical (unpaired) electrons. The van der Waals surface area contributed by atoms with Crippen molar-refractivity contribution in [1.29, 1.82) is 0 Å². The minimum atomic E-state index is -0.329. The van der Waals surface area contributed by atoms with E-state index in [2.05, 4.69) is 27.2 Å². The van der Waals surface area contributed by atoms with Crippen molar-refractivity contribution in [3.8, 4) is 11.8 Å². The highest BCUT2D eigenvalue weighted by Crippen LogP contribution is 2.21. The Morgan fingerprint density at radius 3 is 2.52 bits per heavy atom. The van der Waals surface area contributed by atoms with Gasteiger partial charge >= 0.3 is 0 Å². The number of amides is 1. The van der Waals surface area contributed by atoms with E-state index in [0.717, 1.165) is 0 Å². The van der Waals surface area contributed by atoms with Gasteiger partial charge < -0.3 is 0 Å². The average molecular weight is 310 g/mol. The average Bonchev–Trinajstić information content (AvgIpc) is 2.79. The molecule has 1 fully saturated rings. The third-order valence-corrected chi connectivity index (χ3v) is 3.27. The lowest BCUT2D eigenvalue weighted by atomic mass is 10.0. The summed E-state index contributed by atoms with van der Waals surface area (Å²) in [4.78, 5) is 20.3. The highest BCUT2D eigenvalue weighted by Gasteiger charge is 2.37. The van der Waals surface area contributed by atoms with Crippen molar-refractivity contribution in [2.24, 2.45) is 0 Å². The number of aromatic nitrogens is 2. The minimum Gasteiger partial charge on any atom is -0.273 e. The first-order chi connectivity index (χ1) is 10.9. The molecule has 0 aliphatic carbocycles. The number of hydrogen-bond donors (Lipinski definition) is 1. The summed E-state index contributed by atoms with van der Waals surface area (Å²) in [5, 5.41) is 1.35. The number of anilines is 1. The number of carbonyl (C=O) groups is 1. The molecule has 116 valence electrons. The normalized spacial score (nSPS) is 16.1. The first kappa shape index (κ1) is 15.1. The smallest absolute Gasteiger partial charge is 0.247 e. The van der Waals surface area contributed by atoms with E-state index in [4.69, 9.17) is 0 Å². The second-order valence-electron chi connectivity index (χ2n) is 5.93. The first-order valence-corrected chi connectivity index (χ1v) is 7.13. The Hall–Kier alpha value is -2.78. The maximum absolute atomic E-state index is 13.1. The highest BCUT2D eigenvalue weighted by molar-refractivity contribution is 5.93. The van der Waals surface area contributed by atoms with E-state index in [1.165, 1.54) is 29.5 Å². The molecule has 1 N–H and O–H groups in total. The third-order valence-electron chi connectivity index (χ3n) is 3.27. The largest absolute Gasteiger partial charge is 0.273 e. The Balaban J connectivity index is 1.77. The lowest BCUT2D eigenvalue weighted by molar-refractivity contribution is -0.117. The van der Waals surface area contributed by atoms with Crippen LogP contribution in [0.15, 0.2) is 36.7 Å². The van der Waals surface area contributed by atoms with Gasteiger partial charge in [0.1, 0.15) is 5.82 Å². The molecule has 2 heterocycles. The topological polar surface area (TPSA) is 58.1 Å². The summed E-state index contributed by atoms with van der Waals surface area (Å²) >= 11 is 0. The Labute approximate surface area is 133 Å². The lowest BCUT2D eigenvalue weighted by Gasteiger charge is -2.19. The summed E-state index contributed by atoms with van der Waals surface area (Å²) in [5.41, 5.74) is 3.91. The number of nitrogens with zero attached hydrogens (tertiary/aromatic N) is 3. The summed E-state index contributed by atoms with van der Waals surface area (Å²) in [7, 11) is 0. The summed E-state index contributed by atoms with van der Waals surface area (Å²) in [5.74, 6) is 5.60. The van der Waals surface area contributed by atoms with Crippen molar-refractivity contribution in [3.05, 3.63) is 53.6 Å². The predicted octanol–water partition coefficient (Wildman–Crippen LogP) is 2.04. The number of nitrogens with one attached hydrogen (secondary N) is 1. The van der Waals surface area contributed by atoms with E-state index in [1.807, 2.05) is 13.8 Å². The maximum Gasteiger partial charge on any atom is 0.247 e. The summed E-state index contributed by atoms with van der Waals surface area (Å²) < 4.78 is 13.1. The van der Waals surface area contributed by atoms with Crippen molar-refractivity contribution < 1.29 is 9.18 Å². The minimum absolute atomic E-state index is 0.0754. The zero-order valence-electron chi connectivity index (χ0n) is 12.8. The van der Waals surface area contributed by atoms with E-state index in [1.54, 1.807) is 12.1 Å². The molecule has 2 aromatic rings. The van der Waals surface area contributed by atoms with Crippen molar-refractivity contribution in [1.82, 2.24) is 15.4 Å². The number of carbonyl (C=O) groups excluding carboxylic acids is 1. The predicted molar refractivity (Wildman–Crippen MR) is 83.7 cm³/mol. The van der Waals surface area contributed by atoms with Crippen LogP contribution < -0.4 is 10.4 Å². The SMILES string of the molecule is CC1(C)CC(=O)N(c2ncc(C#Cc3cccc(F)c3)cn2)N1. The molecule has 23 heavy (non-hydrogen) atoms. The van der Waals surface area contributed by atoms with Crippen molar-refractivity contribution in [2.45, 2.75) is 25.8 Å². The first-order valence-electron chi connectivity index (χ1n) is 7.13. The molecule has 1 aliphatic heterocycles. The Kier molecular flexibility index (Phi) is 3.80. The van der Waals surface area contributed by atoms with E-state index in [9.17, 15) is 9.18 Å². The van der Waals surface area contributed by atoms with Crippen LogP contribution in [0.3, 0.4) is 0 Å². The van der Waals surface area contributed by atoms with E-state index >= 15 is 0 Å². The number of halogens is 1. The summed E-state index contributed by atoms with van der Waals surface area (Å²) in [6, 6.07) is 6.05. The molecule has 5 nitrogen and oxygen atoms in total. The van der Waals surface area contributed by atoms with Crippen LogP contribution >= 0.6 is 0 Å². The van der Waals surface area contributed by atoms with Crippen molar-refractivity contribution in [2.75, 3.05) is 5.01 Å². The molecule has 0 saturated carbocycles. The van der Waals surface area contributed by atoms with Gasteiger partial charge in [-0.2, -0.15) is 0 Å². The van der Waals surface area contributed by atoms with Crippen LogP contribution in [0.4, 0.5) is 10.3 Å². The Morgan fingerprint density at radius 2 is 1.91 bits per heavy atom. The van der Waals surface area contributed by atoms with Crippen molar-refractivity contribution in [3.63, 3.8) is 0 Å². The highest BCUT2D eigenvalue weighted by atomic mass is 19.1. The molecule has 0 unspecified atom stereocenters. The molecule has 1 aliphatic rings. The van der Waals surface area contributed by atoms with Crippen LogP contribution in [0, 0.1) is 17.7 Å². The second-order valence-corrected chi connectivity index (χ2v) is 5.93. The molecule has 3 rings (SSSR count). The van der Waals surface area contributed by atoms with E-state index < -0.39 is 0 Å². The zero-order valence-corrected chi connectivity index (χ0v) is 12.8. The standard InChI is InChI=1S/C17H15FN4O/c1-17(2)9-15(23)22(21-17)16-19-10-13(11-20-16)7-6-12-4-3-5-14(18)8-12/h3-5,8,10-11,21H,9H2,1-2H3. The maximum atomic E-state index is 13.1. The Morgan fingerprint density at radius 1 is 1.22 bits per heavy atom. The number of rotatable bonds is 1. The Bertz CT molecular complexity index is 805. The van der Waals surface area contributed by atoms with Gasteiger partial charge in [-0.3, -0.25) is 4.79 Å². The van der Waals surface area contributed by atoms with Gasteiger partial charge in [-0.25, -0.2) is 24.8 Å². The second kappa shape index (κ2) is 5.78. The third kappa shape index (κ3) is 3.52. The molecular formula is C17H15FN4O. The van der Waals surface area contributed by atoms with Gasteiger partial charge in [0.15, 0.2) is 0 Å². The fraction of sp³-hybridized carbons (Fsp3) is 0.235. The molecule has 0 atom stereocenters. The van der Waals surface area contributed by atoms with E-state index in [0.29, 0.717) is 17.5 Å². The van der Waals surface area contributed by atoms with Gasteiger partial charge in [-0.1, -0.05) is 17.9 Å². The fourth-order valence-corrected chi connectivity index (χ4v) is 2.24. The summed E-state index contributed by atoms with van der Waals surface area (Å²) in [6.45, 7) is 3.87. The van der Waals surface area contributed by atoms with Gasteiger partial charge in [0.2, 0.25) is 11.9 Å². The summed E-state index contributed by atoms with van der Waals surface area (Å²) in [6.07, 6.45) is 3.46. The van der Waals surface area contributed by atoms with Crippen LogP contribution in [0.2, 0.25) is 0 Å². The number of hydrazine groups is 1. The monoisotopic (exact) mass is 310 g/mol. The van der Waals surface area contributed by atoms with Crippen LogP contribution in [0.1, 0.15) is 31.4 Å². The fourth-order valence-electron chi connectivity index (χ4n) is 2.24. The quantitative estimate of drug-likeness (QED) is 0.819. The number of benzene rings is 1. The van der Waals surface area contributed by atoms with Gasteiger partial charge in [0.25, 0.3) is 0 Å². The molecule has 6 heteroatoms. The van der Waals surface area contributed by atoms with Crippen LogP contribution in [-0.4, -0.2) is 21.4 Å². The van der Waals surface area contributed by atoms with Crippen molar-refractivity contribution >= 4 is 11.9 Å². The van der Waals surface area contributed by atoms with Crippen LogP contribution in [0.25, 0.3) is 0 Å². The van der Waals surface area contributed by atoms with E-state index in [-0.39, 0.29) is 23.2 Å². The lowest BCUT2D eigenvalue weighted by Crippen LogP contribution is -2.43. The molecule has 1 aromatic heterocycles. The molecule has 1 amide bonds. The van der Waals surface area contributed by atoms with Gasteiger partial charge in [-0.05, 0) is 32.0 Å². The van der Waals surface area contributed by atoms with Gasteiger partial charge in [0, 0.05) is 29.9 Å². The van der Waals surface area contributed by atoms with Crippen LogP contribution in [-0.2, 0) is 4.79 Å². The van der Waals surface area contributed by atoms with Gasteiger partial charge in [-0.15, -0.1) is 0 Å². The molecule has 0 bridgehead atoms. The molecule has 1 aromatic carbocycles. The number of hydrogen-bond acceptors (Lipinski definition) is 4. The van der Waals surface area contributed by atoms with Gasteiger partial charge in [0.05, 0.1) is 5.56 Å². The zero-order chi connectivity index (χ0) is 16.4. The molecule has 0 spiro atoms. The molecular weight excluding hydrogens is 295 g/mol.